The predicted octanol–water partition coefficient (Wildman–Crippen LogP) is 2.65. The lowest BCUT2D eigenvalue weighted by Crippen LogP contribution is -2.05. The van der Waals surface area contributed by atoms with Gasteiger partial charge in [0, 0.05) is 12.4 Å². The second kappa shape index (κ2) is 3.45. The van der Waals surface area contributed by atoms with Crippen LogP contribution in [-0.2, 0) is 0 Å². The van der Waals surface area contributed by atoms with Gasteiger partial charge in [-0.1, -0.05) is 18.2 Å². The van der Waals surface area contributed by atoms with E-state index in [0.29, 0.717) is 0 Å². The number of anilines is 1. The van der Waals surface area contributed by atoms with Crippen LogP contribution in [0, 0.1) is 0 Å². The molecule has 3 heteroatoms. The zero-order chi connectivity index (χ0) is 8.23. The molecule has 2 rings (SSSR count). The van der Waals surface area contributed by atoms with E-state index in [0.717, 1.165) is 5.69 Å². The quantitative estimate of drug-likeness (QED) is 0.611. The summed E-state index contributed by atoms with van der Waals surface area (Å²) in [5, 5.41) is 0. The van der Waals surface area contributed by atoms with E-state index in [4.69, 9.17) is 0 Å². The minimum atomic E-state index is 1.15. The number of para-hydroxylation sites is 1. The molecule has 1 aromatic rings. The monoisotopic (exact) mass is 176 g/mol. The number of hydrogen-bond acceptors (Lipinski definition) is 3. The average molecular weight is 176 g/mol. The summed E-state index contributed by atoms with van der Waals surface area (Å²) in [6, 6.07) is 10.1. The SMILES string of the molecule is C1=CN(c2ccccc2)SN=C1. The molecule has 0 atom stereocenters. The fourth-order valence-electron chi connectivity index (χ4n) is 0.965. The molecule has 0 spiro atoms. The minimum Gasteiger partial charge on any atom is -0.273 e. The summed E-state index contributed by atoms with van der Waals surface area (Å²) in [6.07, 6.45) is 5.70. The summed E-state index contributed by atoms with van der Waals surface area (Å²) >= 11 is 1.43. The molecule has 0 saturated heterocycles. The zero-order valence-electron chi connectivity index (χ0n) is 6.42. The predicted molar refractivity (Wildman–Crippen MR) is 54.1 cm³/mol. The molecule has 1 heterocycles. The first kappa shape index (κ1) is 7.43. The third-order valence-electron chi connectivity index (χ3n) is 1.51. The summed E-state index contributed by atoms with van der Waals surface area (Å²) in [5.41, 5.74) is 1.15. The van der Waals surface area contributed by atoms with Gasteiger partial charge in [-0.3, -0.25) is 4.31 Å². The highest BCUT2D eigenvalue weighted by molar-refractivity contribution is 7.99. The lowest BCUT2D eigenvalue weighted by molar-refractivity contribution is 1.44. The molecular weight excluding hydrogens is 168 g/mol. The maximum Gasteiger partial charge on any atom is 0.0975 e. The molecule has 0 N–H and O–H groups in total. The normalized spacial score (nSPS) is 15.2. The summed E-state index contributed by atoms with van der Waals surface area (Å²) in [7, 11) is 0. The fraction of sp³-hybridized carbons (Fsp3) is 0. The van der Waals surface area contributed by atoms with Crippen molar-refractivity contribution in [2.75, 3.05) is 4.31 Å². The Kier molecular flexibility index (Phi) is 2.14. The van der Waals surface area contributed by atoms with Crippen molar-refractivity contribution >= 4 is 24.0 Å². The lowest BCUT2D eigenvalue weighted by atomic mass is 10.3. The highest BCUT2D eigenvalue weighted by Gasteiger charge is 2.02. The van der Waals surface area contributed by atoms with Gasteiger partial charge in [0.1, 0.15) is 0 Å². The van der Waals surface area contributed by atoms with E-state index < -0.39 is 0 Å². The Morgan fingerprint density at radius 3 is 2.67 bits per heavy atom. The topological polar surface area (TPSA) is 15.6 Å². The van der Waals surface area contributed by atoms with E-state index in [1.165, 1.54) is 12.1 Å². The second-order valence-corrected chi connectivity index (χ2v) is 3.11. The first-order valence-corrected chi connectivity index (χ1v) is 4.41. The van der Waals surface area contributed by atoms with Crippen molar-refractivity contribution in [1.29, 1.82) is 0 Å². The second-order valence-electron chi connectivity index (χ2n) is 2.34. The van der Waals surface area contributed by atoms with Crippen molar-refractivity contribution in [2.24, 2.45) is 4.40 Å². The maximum atomic E-state index is 4.07. The van der Waals surface area contributed by atoms with Gasteiger partial charge in [-0.2, -0.15) is 0 Å². The van der Waals surface area contributed by atoms with Crippen LogP contribution in [0.15, 0.2) is 47.0 Å². The molecule has 0 fully saturated rings. The summed E-state index contributed by atoms with van der Waals surface area (Å²) in [5.74, 6) is 0. The molecule has 0 radical (unpaired) electrons. The fourth-order valence-corrected chi connectivity index (χ4v) is 1.53. The molecule has 0 aromatic heterocycles. The van der Waals surface area contributed by atoms with Crippen molar-refractivity contribution in [3.8, 4) is 0 Å². The Balaban J connectivity index is 2.21. The van der Waals surface area contributed by atoms with Crippen LogP contribution in [-0.4, -0.2) is 6.21 Å². The standard InChI is InChI=1S/C9H8N2S/c1-2-5-9(6-3-1)11-8-4-7-10-12-11/h1-8H. The molecule has 1 aliphatic heterocycles. The molecule has 0 amide bonds. The van der Waals surface area contributed by atoms with Crippen LogP contribution >= 0.6 is 12.1 Å². The van der Waals surface area contributed by atoms with Crippen molar-refractivity contribution in [1.82, 2.24) is 0 Å². The molecule has 12 heavy (non-hydrogen) atoms. The number of rotatable bonds is 1. The highest BCUT2D eigenvalue weighted by atomic mass is 32.2. The summed E-state index contributed by atoms with van der Waals surface area (Å²) in [4.78, 5) is 0. The Hall–Kier alpha value is -1.22. The van der Waals surface area contributed by atoms with Gasteiger partial charge >= 0.3 is 0 Å². The molecule has 60 valence electrons. The van der Waals surface area contributed by atoms with Gasteiger partial charge in [-0.25, -0.2) is 4.40 Å². The van der Waals surface area contributed by atoms with Crippen LogP contribution in [0.5, 0.6) is 0 Å². The van der Waals surface area contributed by atoms with E-state index in [1.807, 2.05) is 34.8 Å². The minimum absolute atomic E-state index is 1.15. The van der Waals surface area contributed by atoms with Crippen LogP contribution in [0.1, 0.15) is 0 Å². The smallest absolute Gasteiger partial charge is 0.0975 e. The van der Waals surface area contributed by atoms with Gasteiger partial charge in [0.2, 0.25) is 0 Å². The van der Waals surface area contributed by atoms with Gasteiger partial charge in [0.15, 0.2) is 0 Å². The Bertz CT molecular complexity index is 306. The molecule has 1 aromatic carbocycles. The van der Waals surface area contributed by atoms with Crippen molar-refractivity contribution in [3.63, 3.8) is 0 Å². The Morgan fingerprint density at radius 2 is 2.00 bits per heavy atom. The van der Waals surface area contributed by atoms with Gasteiger partial charge in [-0.05, 0) is 18.2 Å². The average Bonchev–Trinajstić information content (AvgIpc) is 2.21. The first-order valence-electron chi connectivity index (χ1n) is 3.68. The number of benzene rings is 1. The number of allylic oxidation sites excluding steroid dienone is 1. The Labute approximate surface area is 75.9 Å². The zero-order valence-corrected chi connectivity index (χ0v) is 7.24. The van der Waals surface area contributed by atoms with Crippen molar-refractivity contribution < 1.29 is 0 Å². The van der Waals surface area contributed by atoms with Gasteiger partial charge in [0.25, 0.3) is 0 Å². The molecule has 0 bridgehead atoms. The van der Waals surface area contributed by atoms with Crippen molar-refractivity contribution in [2.45, 2.75) is 0 Å². The van der Waals surface area contributed by atoms with Gasteiger partial charge < -0.3 is 0 Å². The van der Waals surface area contributed by atoms with Crippen LogP contribution in [0.25, 0.3) is 0 Å². The molecule has 0 unspecified atom stereocenters. The van der Waals surface area contributed by atoms with Crippen LogP contribution in [0.2, 0.25) is 0 Å². The summed E-state index contributed by atoms with van der Waals surface area (Å²) in [6.45, 7) is 0. The van der Waals surface area contributed by atoms with E-state index in [-0.39, 0.29) is 0 Å². The van der Waals surface area contributed by atoms with E-state index >= 15 is 0 Å². The maximum absolute atomic E-state index is 4.07. The number of hydrogen-bond donors (Lipinski definition) is 0. The molecule has 0 saturated carbocycles. The largest absolute Gasteiger partial charge is 0.273 e. The van der Waals surface area contributed by atoms with E-state index in [2.05, 4.69) is 16.5 Å². The van der Waals surface area contributed by atoms with Crippen molar-refractivity contribution in [3.05, 3.63) is 42.6 Å². The molecule has 2 nitrogen and oxygen atoms in total. The van der Waals surface area contributed by atoms with Gasteiger partial charge in [-0.15, -0.1) is 0 Å². The Morgan fingerprint density at radius 1 is 1.17 bits per heavy atom. The highest BCUT2D eigenvalue weighted by Crippen LogP contribution is 2.24. The van der Waals surface area contributed by atoms with E-state index in [9.17, 15) is 0 Å². The van der Waals surface area contributed by atoms with Crippen LogP contribution < -0.4 is 4.31 Å². The van der Waals surface area contributed by atoms with E-state index in [1.54, 1.807) is 6.21 Å². The lowest BCUT2D eigenvalue weighted by Gasteiger charge is -2.16. The number of nitrogens with zero attached hydrogens (tertiary/aromatic N) is 2. The van der Waals surface area contributed by atoms with Gasteiger partial charge in [0.05, 0.1) is 17.8 Å². The molecule has 1 aliphatic rings. The summed E-state index contributed by atoms with van der Waals surface area (Å²) < 4.78 is 6.08. The molecular formula is C9H8N2S. The third-order valence-corrected chi connectivity index (χ3v) is 2.24. The third kappa shape index (κ3) is 1.51. The van der Waals surface area contributed by atoms with Crippen LogP contribution in [0.4, 0.5) is 5.69 Å². The van der Waals surface area contributed by atoms with Crippen LogP contribution in [0.3, 0.4) is 0 Å². The molecule has 0 aliphatic carbocycles. The first-order chi connectivity index (χ1) is 5.97.